The molecule has 1 N–H and O–H groups in total. The molecule has 0 saturated carbocycles. The number of oxazole rings is 1. The fourth-order valence-corrected chi connectivity index (χ4v) is 2.40. The average Bonchev–Trinajstić information content (AvgIpc) is 3.05. The van der Waals surface area contributed by atoms with Gasteiger partial charge in [0, 0.05) is 11.3 Å². The number of carbonyl (C=O) groups excluding carboxylic acids is 1. The molecule has 0 atom stereocenters. The van der Waals surface area contributed by atoms with Gasteiger partial charge in [0.1, 0.15) is 11.6 Å². The van der Waals surface area contributed by atoms with Crippen molar-refractivity contribution in [1.29, 1.82) is 0 Å². The third kappa shape index (κ3) is 4.73. The number of rotatable bonds is 6. The van der Waals surface area contributed by atoms with E-state index in [9.17, 15) is 13.6 Å². The molecule has 0 aliphatic rings. The number of aromatic nitrogens is 1. The van der Waals surface area contributed by atoms with Gasteiger partial charge in [0.25, 0.3) is 0 Å². The Balaban J connectivity index is 1.54. The van der Waals surface area contributed by atoms with Crippen LogP contribution in [-0.4, -0.2) is 29.4 Å². The molecule has 0 fully saturated rings. The highest BCUT2D eigenvalue weighted by Gasteiger charge is 2.12. The van der Waals surface area contributed by atoms with Crippen LogP contribution in [0.3, 0.4) is 0 Å². The van der Waals surface area contributed by atoms with E-state index in [1.54, 1.807) is 30.3 Å². The molecule has 26 heavy (non-hydrogen) atoms. The number of amides is 1. The molecule has 1 heterocycles. The SMILES string of the molecule is CN(CC(=O)Nc1ccc(F)cc1)Cc1ncc(-c2ccc(F)cc2)o1. The molecule has 0 radical (unpaired) electrons. The lowest BCUT2D eigenvalue weighted by molar-refractivity contribution is -0.117. The van der Waals surface area contributed by atoms with Crippen LogP contribution in [0.25, 0.3) is 11.3 Å². The number of likely N-dealkylation sites (N-methyl/N-ethyl adjacent to an activating group) is 1. The molecule has 2 aromatic carbocycles. The Morgan fingerprint density at radius 2 is 1.69 bits per heavy atom. The Labute approximate surface area is 149 Å². The fourth-order valence-electron chi connectivity index (χ4n) is 2.40. The van der Waals surface area contributed by atoms with Crippen LogP contribution in [0.2, 0.25) is 0 Å². The zero-order chi connectivity index (χ0) is 18.5. The lowest BCUT2D eigenvalue weighted by atomic mass is 10.2. The third-order valence-corrected chi connectivity index (χ3v) is 3.63. The predicted molar refractivity (Wildman–Crippen MR) is 93.3 cm³/mol. The summed E-state index contributed by atoms with van der Waals surface area (Å²) in [4.78, 5) is 17.9. The topological polar surface area (TPSA) is 58.4 Å². The first-order valence-corrected chi connectivity index (χ1v) is 7.94. The Morgan fingerprint density at radius 3 is 2.35 bits per heavy atom. The summed E-state index contributed by atoms with van der Waals surface area (Å²) in [6.07, 6.45) is 1.56. The van der Waals surface area contributed by atoms with Crippen molar-refractivity contribution in [1.82, 2.24) is 9.88 Å². The van der Waals surface area contributed by atoms with Crippen molar-refractivity contribution in [2.45, 2.75) is 6.54 Å². The summed E-state index contributed by atoms with van der Waals surface area (Å²) in [6.45, 7) is 0.448. The minimum atomic E-state index is -0.360. The molecule has 0 unspecified atom stereocenters. The molecule has 7 heteroatoms. The van der Waals surface area contributed by atoms with Gasteiger partial charge in [-0.3, -0.25) is 9.69 Å². The number of carbonyl (C=O) groups is 1. The lowest BCUT2D eigenvalue weighted by Gasteiger charge is -2.14. The summed E-state index contributed by atoms with van der Waals surface area (Å²) < 4.78 is 31.5. The number of benzene rings is 2. The van der Waals surface area contributed by atoms with Crippen LogP contribution in [0.4, 0.5) is 14.5 Å². The zero-order valence-corrected chi connectivity index (χ0v) is 14.1. The van der Waals surface area contributed by atoms with Crippen molar-refractivity contribution in [2.24, 2.45) is 0 Å². The number of hydrogen-bond donors (Lipinski definition) is 1. The Bertz CT molecular complexity index is 877. The number of nitrogens with zero attached hydrogens (tertiary/aromatic N) is 2. The Morgan fingerprint density at radius 1 is 1.08 bits per heavy atom. The van der Waals surface area contributed by atoms with E-state index in [4.69, 9.17) is 4.42 Å². The first kappa shape index (κ1) is 17.8. The van der Waals surface area contributed by atoms with E-state index in [-0.39, 0.29) is 24.1 Å². The van der Waals surface area contributed by atoms with Crippen LogP contribution in [-0.2, 0) is 11.3 Å². The van der Waals surface area contributed by atoms with E-state index < -0.39 is 0 Å². The highest BCUT2D eigenvalue weighted by Crippen LogP contribution is 2.21. The molecule has 5 nitrogen and oxygen atoms in total. The van der Waals surface area contributed by atoms with Gasteiger partial charge >= 0.3 is 0 Å². The molecular formula is C19H17F2N3O2. The van der Waals surface area contributed by atoms with E-state index in [0.717, 1.165) is 5.56 Å². The number of hydrogen-bond acceptors (Lipinski definition) is 4. The Kier molecular flexibility index (Phi) is 5.38. The smallest absolute Gasteiger partial charge is 0.238 e. The van der Waals surface area contributed by atoms with Crippen molar-refractivity contribution in [3.63, 3.8) is 0 Å². The van der Waals surface area contributed by atoms with Crippen LogP contribution >= 0.6 is 0 Å². The van der Waals surface area contributed by atoms with Gasteiger partial charge in [-0.25, -0.2) is 13.8 Å². The summed E-state index contributed by atoms with van der Waals surface area (Å²) in [5.74, 6) is 0.0661. The van der Waals surface area contributed by atoms with Gasteiger partial charge in [0.2, 0.25) is 11.8 Å². The number of nitrogens with one attached hydrogen (secondary N) is 1. The first-order chi connectivity index (χ1) is 12.5. The lowest BCUT2D eigenvalue weighted by Crippen LogP contribution is -2.29. The highest BCUT2D eigenvalue weighted by atomic mass is 19.1. The van der Waals surface area contributed by atoms with Gasteiger partial charge < -0.3 is 9.73 Å². The summed E-state index contributed by atoms with van der Waals surface area (Å²) in [6, 6.07) is 11.5. The van der Waals surface area contributed by atoms with Crippen molar-refractivity contribution in [3.05, 3.63) is 72.3 Å². The molecule has 1 amide bonds. The highest BCUT2D eigenvalue weighted by molar-refractivity contribution is 5.92. The number of halogens is 2. The standard InChI is InChI=1S/C19H17F2N3O2/c1-24(11-18(25)23-16-8-6-15(21)7-9-16)12-19-22-10-17(26-19)13-2-4-14(20)5-3-13/h2-10H,11-12H2,1H3,(H,23,25). The second-order valence-electron chi connectivity index (χ2n) is 5.85. The van der Waals surface area contributed by atoms with Gasteiger partial charge in [-0.15, -0.1) is 0 Å². The minimum Gasteiger partial charge on any atom is -0.439 e. The van der Waals surface area contributed by atoms with Crippen LogP contribution in [0, 0.1) is 11.6 Å². The maximum absolute atomic E-state index is 13.0. The molecule has 0 spiro atoms. The zero-order valence-electron chi connectivity index (χ0n) is 14.1. The van der Waals surface area contributed by atoms with Gasteiger partial charge in [0.05, 0.1) is 19.3 Å². The predicted octanol–water partition coefficient (Wildman–Crippen LogP) is 3.69. The molecular weight excluding hydrogens is 340 g/mol. The summed E-state index contributed by atoms with van der Waals surface area (Å²) in [7, 11) is 1.76. The van der Waals surface area contributed by atoms with Gasteiger partial charge in [-0.05, 0) is 55.6 Å². The maximum Gasteiger partial charge on any atom is 0.238 e. The van der Waals surface area contributed by atoms with Crippen LogP contribution in [0.1, 0.15) is 5.89 Å². The van der Waals surface area contributed by atoms with Crippen molar-refractivity contribution < 1.29 is 18.0 Å². The molecule has 134 valence electrons. The van der Waals surface area contributed by atoms with E-state index in [1.807, 2.05) is 0 Å². The quantitative estimate of drug-likeness (QED) is 0.731. The van der Waals surface area contributed by atoms with Crippen LogP contribution in [0.15, 0.2) is 59.1 Å². The monoisotopic (exact) mass is 357 g/mol. The van der Waals surface area contributed by atoms with Gasteiger partial charge in [0.15, 0.2) is 5.76 Å². The van der Waals surface area contributed by atoms with Crippen molar-refractivity contribution in [2.75, 3.05) is 18.9 Å². The van der Waals surface area contributed by atoms with Gasteiger partial charge in [-0.2, -0.15) is 0 Å². The van der Waals surface area contributed by atoms with E-state index in [1.165, 1.54) is 36.4 Å². The normalized spacial score (nSPS) is 10.9. The second kappa shape index (κ2) is 7.88. The minimum absolute atomic E-state index is 0.117. The first-order valence-electron chi connectivity index (χ1n) is 7.94. The summed E-state index contributed by atoms with van der Waals surface area (Å²) in [5, 5.41) is 2.69. The van der Waals surface area contributed by atoms with Crippen molar-refractivity contribution in [3.8, 4) is 11.3 Å². The molecule has 3 aromatic rings. The second-order valence-corrected chi connectivity index (χ2v) is 5.85. The van der Waals surface area contributed by atoms with E-state index in [2.05, 4.69) is 10.3 Å². The fraction of sp³-hybridized carbons (Fsp3) is 0.158. The molecule has 1 aromatic heterocycles. The van der Waals surface area contributed by atoms with Gasteiger partial charge in [-0.1, -0.05) is 0 Å². The molecule has 0 aliphatic heterocycles. The van der Waals surface area contributed by atoms with E-state index in [0.29, 0.717) is 23.9 Å². The molecule has 0 bridgehead atoms. The Hall–Kier alpha value is -3.06. The van der Waals surface area contributed by atoms with Crippen LogP contribution in [0.5, 0.6) is 0 Å². The summed E-state index contributed by atoms with van der Waals surface area (Å²) in [5.41, 5.74) is 1.25. The molecule has 0 aliphatic carbocycles. The van der Waals surface area contributed by atoms with Crippen molar-refractivity contribution >= 4 is 11.6 Å². The number of anilines is 1. The third-order valence-electron chi connectivity index (χ3n) is 3.63. The average molecular weight is 357 g/mol. The van der Waals surface area contributed by atoms with Crippen LogP contribution < -0.4 is 5.32 Å². The molecule has 3 rings (SSSR count). The maximum atomic E-state index is 13.0. The summed E-state index contributed by atoms with van der Waals surface area (Å²) >= 11 is 0. The van der Waals surface area contributed by atoms with E-state index >= 15 is 0 Å². The largest absolute Gasteiger partial charge is 0.439 e. The molecule has 0 saturated heterocycles.